The van der Waals surface area contributed by atoms with Crippen molar-refractivity contribution in [2.75, 3.05) is 0 Å². The molecular weight excluding hydrogens is 269 g/mol. The van der Waals surface area contributed by atoms with Gasteiger partial charge in [-0.3, -0.25) is 14.9 Å². The van der Waals surface area contributed by atoms with Crippen LogP contribution in [-0.2, 0) is 0 Å². The Labute approximate surface area is 102 Å². The molecule has 1 N–H and O–H groups in total. The zero-order chi connectivity index (χ0) is 14.4. The van der Waals surface area contributed by atoms with Crippen molar-refractivity contribution in [3.8, 4) is 0 Å². The fourth-order valence-electron chi connectivity index (χ4n) is 1.60. The van der Waals surface area contributed by atoms with Crippen molar-refractivity contribution in [3.05, 3.63) is 32.9 Å². The van der Waals surface area contributed by atoms with E-state index >= 15 is 0 Å². The van der Waals surface area contributed by atoms with Crippen LogP contribution in [0.25, 0.3) is 10.9 Å². The Morgan fingerprint density at radius 1 is 1.53 bits per heavy atom. The van der Waals surface area contributed by atoms with Crippen LogP contribution in [0.4, 0.5) is 18.9 Å². The van der Waals surface area contributed by atoms with Crippen molar-refractivity contribution < 1.29 is 18.1 Å². The van der Waals surface area contributed by atoms with E-state index in [2.05, 4.69) is 10.1 Å². The number of nitro groups is 1. The van der Waals surface area contributed by atoms with Crippen LogP contribution in [0.2, 0.25) is 0 Å². The van der Waals surface area contributed by atoms with Gasteiger partial charge in [-0.1, -0.05) is 0 Å². The molecule has 0 aromatic carbocycles. The van der Waals surface area contributed by atoms with Crippen LogP contribution in [0.1, 0.15) is 13.0 Å². The first-order chi connectivity index (χ1) is 8.73. The number of rotatable bonds is 2. The molecule has 0 aliphatic rings. The minimum absolute atomic E-state index is 0.0160. The number of fused-ring (bicyclic) bond motifs is 1. The summed E-state index contributed by atoms with van der Waals surface area (Å²) in [7, 11) is 0. The molecule has 0 saturated carbocycles. The first-order valence-corrected chi connectivity index (χ1v) is 5.03. The second kappa shape index (κ2) is 4.07. The maximum Gasteiger partial charge on any atom is 0.410 e. The average molecular weight is 276 g/mol. The van der Waals surface area contributed by atoms with Crippen molar-refractivity contribution in [2.45, 2.75) is 19.1 Å². The van der Waals surface area contributed by atoms with Gasteiger partial charge in [0.2, 0.25) is 0 Å². The Hall–Kier alpha value is -2.39. The molecule has 10 heteroatoms. The molecule has 1 atom stereocenters. The lowest BCUT2D eigenvalue weighted by Crippen LogP contribution is -2.34. The van der Waals surface area contributed by atoms with Crippen LogP contribution in [0, 0.1) is 10.1 Å². The standard InChI is InChI=1S/C9H7F3N4O3/c1-4(9(10,11)12)15-8(17)7-5(2-14-15)13-3-6(7)16(18)19/h2-4,13H,1H3. The predicted molar refractivity (Wildman–Crippen MR) is 57.8 cm³/mol. The molecule has 0 bridgehead atoms. The topological polar surface area (TPSA) is 93.8 Å². The second-order valence-electron chi connectivity index (χ2n) is 3.83. The summed E-state index contributed by atoms with van der Waals surface area (Å²) in [5.41, 5.74) is -1.72. The molecule has 0 spiro atoms. The fourth-order valence-corrected chi connectivity index (χ4v) is 1.60. The van der Waals surface area contributed by atoms with Crippen molar-refractivity contribution in [1.82, 2.24) is 14.8 Å². The van der Waals surface area contributed by atoms with E-state index in [1.807, 2.05) is 0 Å². The highest BCUT2D eigenvalue weighted by Gasteiger charge is 2.39. The van der Waals surface area contributed by atoms with Crippen LogP contribution in [-0.4, -0.2) is 25.9 Å². The van der Waals surface area contributed by atoms with E-state index in [1.165, 1.54) is 0 Å². The molecule has 2 aromatic heterocycles. The number of hydrogen-bond donors (Lipinski definition) is 1. The molecule has 102 valence electrons. The molecule has 7 nitrogen and oxygen atoms in total. The molecule has 0 amide bonds. The average Bonchev–Trinajstić information content (AvgIpc) is 2.72. The molecule has 2 aromatic rings. The zero-order valence-electron chi connectivity index (χ0n) is 9.43. The van der Waals surface area contributed by atoms with Gasteiger partial charge in [0.1, 0.15) is 11.4 Å². The molecule has 0 radical (unpaired) electrons. The number of alkyl halides is 3. The Balaban J connectivity index is 2.73. The van der Waals surface area contributed by atoms with Gasteiger partial charge in [0.05, 0.1) is 22.8 Å². The highest BCUT2D eigenvalue weighted by molar-refractivity contribution is 5.87. The van der Waals surface area contributed by atoms with Gasteiger partial charge in [-0.15, -0.1) is 0 Å². The van der Waals surface area contributed by atoms with E-state index in [4.69, 9.17) is 0 Å². The quantitative estimate of drug-likeness (QED) is 0.668. The van der Waals surface area contributed by atoms with Gasteiger partial charge in [-0.05, 0) is 6.92 Å². The molecule has 0 aliphatic carbocycles. The molecule has 1 unspecified atom stereocenters. The highest BCUT2D eigenvalue weighted by Crippen LogP contribution is 2.29. The van der Waals surface area contributed by atoms with Gasteiger partial charge < -0.3 is 4.98 Å². The number of nitrogens with zero attached hydrogens (tertiary/aromatic N) is 3. The summed E-state index contributed by atoms with van der Waals surface area (Å²) in [6.07, 6.45) is -2.78. The molecule has 0 saturated heterocycles. The number of H-pyrrole nitrogens is 1. The van der Waals surface area contributed by atoms with Crippen LogP contribution < -0.4 is 5.56 Å². The molecule has 0 aliphatic heterocycles. The van der Waals surface area contributed by atoms with Gasteiger partial charge in [-0.2, -0.15) is 18.3 Å². The number of aromatic nitrogens is 3. The molecule has 19 heavy (non-hydrogen) atoms. The molecular formula is C9H7F3N4O3. The Bertz CT molecular complexity index is 703. The van der Waals surface area contributed by atoms with Crippen LogP contribution in [0.3, 0.4) is 0 Å². The third kappa shape index (κ3) is 2.04. The largest absolute Gasteiger partial charge is 0.410 e. The maximum atomic E-state index is 12.6. The lowest BCUT2D eigenvalue weighted by Gasteiger charge is -2.16. The van der Waals surface area contributed by atoms with E-state index in [1.54, 1.807) is 0 Å². The fraction of sp³-hybridized carbons (Fsp3) is 0.333. The van der Waals surface area contributed by atoms with E-state index in [9.17, 15) is 28.1 Å². The van der Waals surface area contributed by atoms with E-state index in [0.717, 1.165) is 19.3 Å². The maximum absolute atomic E-state index is 12.6. The number of halogens is 3. The van der Waals surface area contributed by atoms with Crippen LogP contribution in [0.15, 0.2) is 17.2 Å². The normalized spacial score (nSPS) is 13.7. The summed E-state index contributed by atoms with van der Waals surface area (Å²) < 4.78 is 37.9. The van der Waals surface area contributed by atoms with Crippen molar-refractivity contribution in [3.63, 3.8) is 0 Å². The van der Waals surface area contributed by atoms with E-state index in [-0.39, 0.29) is 10.2 Å². The number of aromatic amines is 1. The summed E-state index contributed by atoms with van der Waals surface area (Å²) in [5, 5.41) is 13.7. The molecule has 2 rings (SSSR count). The number of nitrogens with one attached hydrogen (secondary N) is 1. The smallest absolute Gasteiger partial charge is 0.354 e. The SMILES string of the molecule is CC(n1ncc2[nH]cc([N+](=O)[O-])c2c1=O)C(F)(F)F. The first-order valence-electron chi connectivity index (χ1n) is 5.03. The van der Waals surface area contributed by atoms with Crippen LogP contribution in [0.5, 0.6) is 0 Å². The van der Waals surface area contributed by atoms with Crippen molar-refractivity contribution in [2.24, 2.45) is 0 Å². The van der Waals surface area contributed by atoms with Crippen molar-refractivity contribution in [1.29, 1.82) is 0 Å². The lowest BCUT2D eigenvalue weighted by molar-refractivity contribution is -0.383. The van der Waals surface area contributed by atoms with Gasteiger partial charge in [0, 0.05) is 0 Å². The van der Waals surface area contributed by atoms with Gasteiger partial charge in [-0.25, -0.2) is 4.68 Å². The van der Waals surface area contributed by atoms with Gasteiger partial charge in [0.15, 0.2) is 0 Å². The zero-order valence-corrected chi connectivity index (χ0v) is 9.43. The minimum Gasteiger partial charge on any atom is -0.354 e. The first kappa shape index (κ1) is 13.1. The highest BCUT2D eigenvalue weighted by atomic mass is 19.4. The summed E-state index contributed by atoms with van der Waals surface area (Å²) >= 11 is 0. The summed E-state index contributed by atoms with van der Waals surface area (Å²) in [5.74, 6) is 0. The molecule has 2 heterocycles. The van der Waals surface area contributed by atoms with Crippen molar-refractivity contribution >= 4 is 16.6 Å². The third-order valence-electron chi connectivity index (χ3n) is 2.66. The predicted octanol–water partition coefficient (Wildman–Crippen LogP) is 1.76. The summed E-state index contributed by atoms with van der Waals surface area (Å²) in [6.45, 7) is 0.749. The van der Waals surface area contributed by atoms with Crippen LogP contribution >= 0.6 is 0 Å². The lowest BCUT2D eigenvalue weighted by atomic mass is 10.3. The number of hydrogen-bond acceptors (Lipinski definition) is 4. The monoisotopic (exact) mass is 276 g/mol. The Morgan fingerprint density at radius 2 is 2.16 bits per heavy atom. The minimum atomic E-state index is -4.67. The summed E-state index contributed by atoms with van der Waals surface area (Å²) in [6, 6.07) is -2.17. The summed E-state index contributed by atoms with van der Waals surface area (Å²) in [4.78, 5) is 24.2. The molecule has 0 fully saturated rings. The third-order valence-corrected chi connectivity index (χ3v) is 2.66. The van der Waals surface area contributed by atoms with Gasteiger partial charge in [0.25, 0.3) is 11.2 Å². The van der Waals surface area contributed by atoms with Gasteiger partial charge >= 0.3 is 6.18 Å². The van der Waals surface area contributed by atoms with E-state index < -0.39 is 33.8 Å². The second-order valence-corrected chi connectivity index (χ2v) is 3.83. The Kier molecular flexibility index (Phi) is 2.80. The Morgan fingerprint density at radius 3 is 2.68 bits per heavy atom. The van der Waals surface area contributed by atoms with E-state index in [0.29, 0.717) is 0 Å².